The Morgan fingerprint density at radius 1 is 1.18 bits per heavy atom. The molecule has 3 aromatic rings. The SMILES string of the molecule is C[NH+](C)Cc1ccc(-c2n[nH]c3cccc(C(=O)[O-])c23)cc1. The minimum Gasteiger partial charge on any atom is -0.545 e. The zero-order chi connectivity index (χ0) is 15.7. The number of aromatic carboxylic acids is 1. The molecule has 0 spiro atoms. The smallest absolute Gasteiger partial charge is 0.102 e. The predicted octanol–water partition coefficient (Wildman–Crippen LogP) is 0.238. The van der Waals surface area contributed by atoms with Crippen LogP contribution in [0.4, 0.5) is 0 Å². The molecule has 5 heteroatoms. The Hall–Kier alpha value is -2.66. The van der Waals surface area contributed by atoms with Crippen LogP contribution in [0.25, 0.3) is 22.2 Å². The van der Waals surface area contributed by atoms with E-state index < -0.39 is 5.97 Å². The molecule has 5 nitrogen and oxygen atoms in total. The van der Waals surface area contributed by atoms with Crippen molar-refractivity contribution in [3.63, 3.8) is 0 Å². The average Bonchev–Trinajstić information content (AvgIpc) is 2.91. The summed E-state index contributed by atoms with van der Waals surface area (Å²) in [5.41, 5.74) is 3.60. The zero-order valence-electron chi connectivity index (χ0n) is 12.5. The van der Waals surface area contributed by atoms with Crippen LogP contribution < -0.4 is 10.0 Å². The van der Waals surface area contributed by atoms with Gasteiger partial charge in [-0.1, -0.05) is 36.4 Å². The summed E-state index contributed by atoms with van der Waals surface area (Å²) >= 11 is 0. The third-order valence-corrected chi connectivity index (χ3v) is 3.59. The molecule has 0 saturated carbocycles. The van der Waals surface area contributed by atoms with Gasteiger partial charge in [0.05, 0.1) is 25.6 Å². The van der Waals surface area contributed by atoms with Gasteiger partial charge in [-0.25, -0.2) is 0 Å². The molecule has 0 bridgehead atoms. The molecule has 1 heterocycles. The van der Waals surface area contributed by atoms with Gasteiger partial charge < -0.3 is 14.8 Å². The molecule has 0 aliphatic carbocycles. The van der Waals surface area contributed by atoms with E-state index in [0.29, 0.717) is 16.6 Å². The van der Waals surface area contributed by atoms with Gasteiger partial charge in [-0.2, -0.15) is 5.10 Å². The number of quaternary nitrogens is 1. The van der Waals surface area contributed by atoms with Crippen molar-refractivity contribution in [2.24, 2.45) is 0 Å². The molecule has 0 unspecified atom stereocenters. The van der Waals surface area contributed by atoms with Crippen LogP contribution in [0.15, 0.2) is 42.5 Å². The van der Waals surface area contributed by atoms with Crippen molar-refractivity contribution in [3.8, 4) is 11.3 Å². The topological polar surface area (TPSA) is 73.2 Å². The first kappa shape index (κ1) is 14.3. The minimum atomic E-state index is -1.19. The summed E-state index contributed by atoms with van der Waals surface area (Å²) in [6, 6.07) is 13.1. The highest BCUT2D eigenvalue weighted by molar-refractivity contribution is 6.07. The lowest BCUT2D eigenvalue weighted by molar-refractivity contribution is -0.872. The van der Waals surface area contributed by atoms with Gasteiger partial charge in [0, 0.05) is 22.1 Å². The van der Waals surface area contributed by atoms with Gasteiger partial charge in [0.25, 0.3) is 0 Å². The van der Waals surface area contributed by atoms with Crippen molar-refractivity contribution >= 4 is 16.9 Å². The number of benzene rings is 2. The molecule has 0 aliphatic heterocycles. The molecule has 0 saturated heterocycles. The van der Waals surface area contributed by atoms with Crippen LogP contribution >= 0.6 is 0 Å². The summed E-state index contributed by atoms with van der Waals surface area (Å²) < 4.78 is 0. The Morgan fingerprint density at radius 2 is 1.91 bits per heavy atom. The van der Waals surface area contributed by atoms with E-state index in [1.807, 2.05) is 30.3 Å². The third kappa shape index (κ3) is 2.58. The molecule has 112 valence electrons. The van der Waals surface area contributed by atoms with E-state index in [9.17, 15) is 9.90 Å². The Morgan fingerprint density at radius 3 is 2.55 bits per heavy atom. The van der Waals surface area contributed by atoms with Crippen molar-refractivity contribution < 1.29 is 14.8 Å². The highest BCUT2D eigenvalue weighted by atomic mass is 16.4. The van der Waals surface area contributed by atoms with E-state index >= 15 is 0 Å². The van der Waals surface area contributed by atoms with Crippen molar-refractivity contribution in [1.82, 2.24) is 10.2 Å². The van der Waals surface area contributed by atoms with Crippen LogP contribution in [0, 0.1) is 0 Å². The molecule has 0 fully saturated rings. The number of fused-ring (bicyclic) bond motifs is 1. The summed E-state index contributed by atoms with van der Waals surface area (Å²) in [5, 5.41) is 19.1. The second-order valence-corrected chi connectivity index (χ2v) is 5.67. The van der Waals surface area contributed by atoms with Gasteiger partial charge in [-0.3, -0.25) is 5.10 Å². The lowest BCUT2D eigenvalue weighted by atomic mass is 10.0. The normalized spacial score (nSPS) is 11.2. The number of aromatic amines is 1. The molecule has 2 aromatic carbocycles. The Kier molecular flexibility index (Phi) is 3.65. The van der Waals surface area contributed by atoms with Gasteiger partial charge in [-0.15, -0.1) is 0 Å². The summed E-state index contributed by atoms with van der Waals surface area (Å²) in [5.74, 6) is -1.19. The van der Waals surface area contributed by atoms with E-state index in [4.69, 9.17) is 0 Å². The number of H-pyrrole nitrogens is 1. The van der Waals surface area contributed by atoms with E-state index in [1.54, 1.807) is 12.1 Å². The molecular formula is C17H17N3O2. The number of nitrogens with zero attached hydrogens (tertiary/aromatic N) is 1. The first-order valence-electron chi connectivity index (χ1n) is 7.13. The van der Waals surface area contributed by atoms with Crippen LogP contribution in [0.2, 0.25) is 0 Å². The lowest BCUT2D eigenvalue weighted by Crippen LogP contribution is -3.04. The van der Waals surface area contributed by atoms with E-state index in [2.05, 4.69) is 24.3 Å². The second kappa shape index (κ2) is 5.61. The monoisotopic (exact) mass is 295 g/mol. The van der Waals surface area contributed by atoms with Crippen molar-refractivity contribution in [1.29, 1.82) is 0 Å². The number of nitrogens with one attached hydrogen (secondary N) is 2. The molecule has 2 N–H and O–H groups in total. The van der Waals surface area contributed by atoms with Crippen molar-refractivity contribution in [2.45, 2.75) is 6.54 Å². The highest BCUT2D eigenvalue weighted by Gasteiger charge is 2.12. The molecule has 3 rings (SSSR count). The van der Waals surface area contributed by atoms with Crippen molar-refractivity contribution in [3.05, 3.63) is 53.6 Å². The largest absolute Gasteiger partial charge is 0.545 e. The van der Waals surface area contributed by atoms with Crippen LogP contribution in [-0.4, -0.2) is 30.3 Å². The van der Waals surface area contributed by atoms with Gasteiger partial charge in [-0.05, 0) is 6.07 Å². The Labute approximate surface area is 128 Å². The lowest BCUT2D eigenvalue weighted by Gasteiger charge is -2.08. The molecule has 1 aromatic heterocycles. The van der Waals surface area contributed by atoms with Crippen molar-refractivity contribution in [2.75, 3.05) is 14.1 Å². The quantitative estimate of drug-likeness (QED) is 0.724. The van der Waals surface area contributed by atoms with E-state index in [-0.39, 0.29) is 5.56 Å². The summed E-state index contributed by atoms with van der Waals surface area (Å²) in [4.78, 5) is 12.7. The number of carbonyl (C=O) groups is 1. The maximum atomic E-state index is 11.3. The number of aromatic nitrogens is 2. The van der Waals surface area contributed by atoms with Gasteiger partial charge >= 0.3 is 0 Å². The van der Waals surface area contributed by atoms with Crippen LogP contribution in [-0.2, 0) is 6.54 Å². The highest BCUT2D eigenvalue weighted by Crippen LogP contribution is 2.29. The summed E-state index contributed by atoms with van der Waals surface area (Å²) in [7, 11) is 4.20. The average molecular weight is 295 g/mol. The second-order valence-electron chi connectivity index (χ2n) is 5.67. The van der Waals surface area contributed by atoms with Crippen LogP contribution in [0.5, 0.6) is 0 Å². The predicted molar refractivity (Wildman–Crippen MR) is 82.4 cm³/mol. The first-order valence-corrected chi connectivity index (χ1v) is 7.13. The fraction of sp³-hybridized carbons (Fsp3) is 0.176. The maximum Gasteiger partial charge on any atom is 0.102 e. The molecule has 0 aliphatic rings. The fourth-order valence-electron chi connectivity index (χ4n) is 2.64. The Bertz CT molecular complexity index is 820. The van der Waals surface area contributed by atoms with E-state index in [0.717, 1.165) is 12.1 Å². The van der Waals surface area contributed by atoms with Gasteiger partial charge in [0.2, 0.25) is 0 Å². The Balaban J connectivity index is 2.08. The number of rotatable bonds is 4. The van der Waals surface area contributed by atoms with Gasteiger partial charge in [0.15, 0.2) is 0 Å². The number of carboxylic acids is 1. The van der Waals surface area contributed by atoms with E-state index in [1.165, 1.54) is 10.5 Å². The summed E-state index contributed by atoms with van der Waals surface area (Å²) in [6.45, 7) is 0.936. The summed E-state index contributed by atoms with van der Waals surface area (Å²) in [6.07, 6.45) is 0. The number of hydrogen-bond donors (Lipinski definition) is 2. The fourth-order valence-corrected chi connectivity index (χ4v) is 2.64. The van der Waals surface area contributed by atoms with Crippen LogP contribution in [0.3, 0.4) is 0 Å². The minimum absolute atomic E-state index is 0.156. The molecule has 0 atom stereocenters. The molecule has 22 heavy (non-hydrogen) atoms. The first-order chi connectivity index (χ1) is 10.6. The molecular weight excluding hydrogens is 278 g/mol. The molecule has 0 amide bonds. The standard InChI is InChI=1S/C17H17N3O2/c1-20(2)10-11-6-8-12(9-7-11)16-15-13(17(21)22)4-3-5-14(15)18-19-16/h3-9H,10H2,1-2H3,(H,18,19)(H,21,22). The number of hydrogen-bond acceptors (Lipinski definition) is 3. The number of carbonyl (C=O) groups excluding carboxylic acids is 1. The number of carboxylic acid groups (broad SMARTS) is 1. The third-order valence-electron chi connectivity index (χ3n) is 3.59. The van der Waals surface area contributed by atoms with Gasteiger partial charge in [0.1, 0.15) is 12.2 Å². The molecule has 0 radical (unpaired) electrons. The maximum absolute atomic E-state index is 11.3. The van der Waals surface area contributed by atoms with Crippen LogP contribution in [0.1, 0.15) is 15.9 Å². The zero-order valence-corrected chi connectivity index (χ0v) is 12.5.